The van der Waals surface area contributed by atoms with Gasteiger partial charge in [0.05, 0.1) is 6.61 Å². The molecule has 134 valence electrons. The zero-order valence-corrected chi connectivity index (χ0v) is 14.2. The lowest BCUT2D eigenvalue weighted by molar-refractivity contribution is -0.138. The molecule has 3 aromatic rings. The van der Waals surface area contributed by atoms with Crippen LogP contribution in [0.15, 0.2) is 54.6 Å². The Hall–Kier alpha value is -3.13. The summed E-state index contributed by atoms with van der Waals surface area (Å²) in [6.45, 7) is 1.94. The van der Waals surface area contributed by atoms with Crippen molar-refractivity contribution in [1.82, 2.24) is 25.7 Å². The number of amides is 1. The summed E-state index contributed by atoms with van der Waals surface area (Å²) in [4.78, 5) is 17.9. The molecule has 0 saturated carbocycles. The van der Waals surface area contributed by atoms with E-state index in [-0.39, 0.29) is 18.3 Å². The van der Waals surface area contributed by atoms with Crippen LogP contribution >= 0.6 is 0 Å². The van der Waals surface area contributed by atoms with Gasteiger partial charge in [0.1, 0.15) is 17.7 Å². The van der Waals surface area contributed by atoms with Crippen LogP contribution in [0, 0.1) is 12.7 Å². The van der Waals surface area contributed by atoms with E-state index in [0.29, 0.717) is 12.2 Å². The molecule has 8 heteroatoms. The van der Waals surface area contributed by atoms with Crippen molar-refractivity contribution < 1.29 is 14.0 Å². The molecule has 7 nitrogen and oxygen atoms in total. The fraction of sp³-hybridized carbons (Fsp3) is 0.222. The quantitative estimate of drug-likeness (QED) is 0.657. The Kier molecular flexibility index (Phi) is 5.65. The van der Waals surface area contributed by atoms with Gasteiger partial charge in [-0.3, -0.25) is 9.63 Å². The highest BCUT2D eigenvalue weighted by atomic mass is 19.1. The normalized spacial score (nSPS) is 11.9. The highest BCUT2D eigenvalue weighted by Crippen LogP contribution is 2.16. The van der Waals surface area contributed by atoms with Gasteiger partial charge in [-0.25, -0.2) is 14.6 Å². The third kappa shape index (κ3) is 4.48. The van der Waals surface area contributed by atoms with E-state index >= 15 is 0 Å². The van der Waals surface area contributed by atoms with Crippen molar-refractivity contribution in [2.75, 3.05) is 0 Å². The summed E-state index contributed by atoms with van der Waals surface area (Å²) < 4.78 is 14.5. The second kappa shape index (κ2) is 8.30. The van der Waals surface area contributed by atoms with Crippen molar-refractivity contribution in [3.8, 4) is 0 Å². The summed E-state index contributed by atoms with van der Waals surface area (Å²) in [6, 6.07) is 14.7. The first-order valence-electron chi connectivity index (χ1n) is 8.08. The molecule has 1 heterocycles. The molecule has 0 aliphatic carbocycles. The molecule has 0 aliphatic rings. The van der Waals surface area contributed by atoms with E-state index in [0.717, 1.165) is 11.1 Å². The van der Waals surface area contributed by atoms with E-state index in [9.17, 15) is 9.18 Å². The van der Waals surface area contributed by atoms with E-state index in [1.54, 1.807) is 19.1 Å². The Morgan fingerprint density at radius 3 is 2.54 bits per heavy atom. The van der Waals surface area contributed by atoms with Crippen LogP contribution in [-0.2, 0) is 22.7 Å². The van der Waals surface area contributed by atoms with Crippen LogP contribution in [0.2, 0.25) is 0 Å². The second-order valence-electron chi connectivity index (χ2n) is 5.76. The third-order valence-corrected chi connectivity index (χ3v) is 3.85. The maximum atomic E-state index is 13.1. The highest BCUT2D eigenvalue weighted by Gasteiger charge is 2.24. The Bertz CT molecular complexity index is 852. The number of tetrazole rings is 1. The van der Waals surface area contributed by atoms with Crippen molar-refractivity contribution in [1.29, 1.82) is 0 Å². The number of hydrogen-bond donors (Lipinski definition) is 1. The first-order valence-corrected chi connectivity index (χ1v) is 8.08. The standard InChI is InChI=1S/C18H18FN5O2/c1-13-20-22-23-24(13)17(11-14-7-9-16(19)10-8-14)18(25)21-26-12-15-5-3-2-4-6-15/h2-10,17H,11-12H2,1H3,(H,21,25). The lowest BCUT2D eigenvalue weighted by atomic mass is 10.1. The van der Waals surface area contributed by atoms with Gasteiger partial charge < -0.3 is 0 Å². The first kappa shape index (κ1) is 17.7. The Morgan fingerprint density at radius 1 is 1.15 bits per heavy atom. The molecule has 3 rings (SSSR count). The molecule has 1 atom stereocenters. The maximum Gasteiger partial charge on any atom is 0.268 e. The molecular weight excluding hydrogens is 337 g/mol. The SMILES string of the molecule is Cc1nnnn1C(Cc1ccc(F)cc1)C(=O)NOCc1ccccc1. The van der Waals surface area contributed by atoms with Gasteiger partial charge in [-0.15, -0.1) is 5.10 Å². The number of carbonyl (C=O) groups excluding carboxylic acids is 1. The molecule has 0 radical (unpaired) electrons. The molecule has 0 spiro atoms. The van der Waals surface area contributed by atoms with E-state index in [2.05, 4.69) is 21.0 Å². The van der Waals surface area contributed by atoms with E-state index < -0.39 is 6.04 Å². The molecule has 26 heavy (non-hydrogen) atoms. The third-order valence-electron chi connectivity index (χ3n) is 3.85. The lowest BCUT2D eigenvalue weighted by Gasteiger charge is -2.17. The number of carbonyl (C=O) groups is 1. The van der Waals surface area contributed by atoms with Gasteiger partial charge in [0.15, 0.2) is 0 Å². The van der Waals surface area contributed by atoms with Crippen molar-refractivity contribution in [2.45, 2.75) is 26.0 Å². The number of rotatable bonds is 7. The zero-order valence-electron chi connectivity index (χ0n) is 14.2. The van der Waals surface area contributed by atoms with Gasteiger partial charge in [0, 0.05) is 6.42 Å². The second-order valence-corrected chi connectivity index (χ2v) is 5.76. The van der Waals surface area contributed by atoms with Gasteiger partial charge in [-0.2, -0.15) is 0 Å². The summed E-state index contributed by atoms with van der Waals surface area (Å²) in [5.74, 6) is -0.226. The molecular formula is C18H18FN5O2. The van der Waals surface area contributed by atoms with Gasteiger partial charge in [0.25, 0.3) is 5.91 Å². The average Bonchev–Trinajstić information content (AvgIpc) is 3.07. The monoisotopic (exact) mass is 355 g/mol. The highest BCUT2D eigenvalue weighted by molar-refractivity contribution is 5.79. The first-order chi connectivity index (χ1) is 12.6. The van der Waals surface area contributed by atoms with Crippen LogP contribution in [0.5, 0.6) is 0 Å². The van der Waals surface area contributed by atoms with Crippen LogP contribution in [0.25, 0.3) is 0 Å². The van der Waals surface area contributed by atoms with Crippen molar-refractivity contribution >= 4 is 5.91 Å². The van der Waals surface area contributed by atoms with Crippen LogP contribution in [0.4, 0.5) is 4.39 Å². The number of nitrogens with one attached hydrogen (secondary N) is 1. The van der Waals surface area contributed by atoms with E-state index in [1.807, 2.05) is 30.3 Å². The minimum absolute atomic E-state index is 0.241. The van der Waals surface area contributed by atoms with Gasteiger partial charge >= 0.3 is 0 Å². The lowest BCUT2D eigenvalue weighted by Crippen LogP contribution is -2.35. The fourth-order valence-electron chi connectivity index (χ4n) is 2.49. The molecule has 1 N–H and O–H groups in total. The largest absolute Gasteiger partial charge is 0.270 e. The number of aromatic nitrogens is 4. The van der Waals surface area contributed by atoms with E-state index in [1.165, 1.54) is 16.8 Å². The Morgan fingerprint density at radius 2 is 1.88 bits per heavy atom. The van der Waals surface area contributed by atoms with Crippen LogP contribution in [0.1, 0.15) is 23.0 Å². The molecule has 0 aliphatic heterocycles. The predicted octanol–water partition coefficient (Wildman–Crippen LogP) is 2.15. The molecule has 1 amide bonds. The van der Waals surface area contributed by atoms with Gasteiger partial charge in [-0.1, -0.05) is 42.5 Å². The molecule has 1 aromatic heterocycles. The number of aryl methyl sites for hydroxylation is 1. The van der Waals surface area contributed by atoms with Crippen molar-refractivity contribution in [3.63, 3.8) is 0 Å². The van der Waals surface area contributed by atoms with Gasteiger partial charge in [0.2, 0.25) is 0 Å². The summed E-state index contributed by atoms with van der Waals surface area (Å²) in [6.07, 6.45) is 0.298. The summed E-state index contributed by atoms with van der Waals surface area (Å²) >= 11 is 0. The van der Waals surface area contributed by atoms with E-state index in [4.69, 9.17) is 4.84 Å². The van der Waals surface area contributed by atoms with Crippen molar-refractivity contribution in [3.05, 3.63) is 77.4 Å². The van der Waals surface area contributed by atoms with Crippen molar-refractivity contribution in [2.24, 2.45) is 0 Å². The average molecular weight is 355 g/mol. The minimum atomic E-state index is -0.716. The summed E-state index contributed by atoms with van der Waals surface area (Å²) in [7, 11) is 0. The van der Waals surface area contributed by atoms with Gasteiger partial charge in [-0.05, 0) is 40.6 Å². The number of benzene rings is 2. The molecule has 0 saturated heterocycles. The maximum absolute atomic E-state index is 13.1. The fourth-order valence-corrected chi connectivity index (χ4v) is 2.49. The molecule has 0 fully saturated rings. The smallest absolute Gasteiger partial charge is 0.268 e. The van der Waals surface area contributed by atoms with Crippen LogP contribution < -0.4 is 5.48 Å². The number of nitrogens with zero attached hydrogens (tertiary/aromatic N) is 4. The number of halogens is 1. The topological polar surface area (TPSA) is 81.9 Å². The summed E-state index contributed by atoms with van der Waals surface area (Å²) in [5.41, 5.74) is 4.16. The molecule has 1 unspecified atom stereocenters. The Labute approximate surface area is 149 Å². The minimum Gasteiger partial charge on any atom is -0.270 e. The van der Waals surface area contributed by atoms with Crippen LogP contribution in [0.3, 0.4) is 0 Å². The Balaban J connectivity index is 1.69. The van der Waals surface area contributed by atoms with Crippen LogP contribution in [-0.4, -0.2) is 26.1 Å². The number of hydroxylamine groups is 1. The molecule has 2 aromatic carbocycles. The summed E-state index contributed by atoms with van der Waals surface area (Å²) in [5, 5.41) is 11.3. The number of hydrogen-bond acceptors (Lipinski definition) is 5. The predicted molar refractivity (Wildman–Crippen MR) is 91.1 cm³/mol. The zero-order chi connectivity index (χ0) is 18.4. The molecule has 0 bridgehead atoms.